The Hall–Kier alpha value is -3.35. The summed E-state index contributed by atoms with van der Waals surface area (Å²) in [4.78, 5) is 29.8. The summed E-state index contributed by atoms with van der Waals surface area (Å²) in [6, 6.07) is 18.9. The van der Waals surface area contributed by atoms with Crippen LogP contribution in [0.2, 0.25) is 10.0 Å². The molecule has 0 saturated heterocycles. The monoisotopic (exact) mass is 454 g/mol. The molecule has 1 aromatic heterocycles. The van der Waals surface area contributed by atoms with Crippen molar-refractivity contribution >= 4 is 51.9 Å². The minimum Gasteiger partial charge on any atom is -0.449 e. The molecule has 156 valence electrons. The Kier molecular flexibility index (Phi) is 5.93. The van der Waals surface area contributed by atoms with Gasteiger partial charge in [0.05, 0.1) is 26.9 Å². The summed E-state index contributed by atoms with van der Waals surface area (Å²) < 4.78 is 11.2. The van der Waals surface area contributed by atoms with Gasteiger partial charge in [0.1, 0.15) is 5.52 Å². The second-order valence-corrected chi connectivity index (χ2v) is 7.46. The minimum absolute atomic E-state index is 0.206. The summed E-state index contributed by atoms with van der Waals surface area (Å²) in [5.41, 5.74) is 2.30. The molecule has 0 saturated carbocycles. The van der Waals surface area contributed by atoms with Gasteiger partial charge in [-0.3, -0.25) is 4.79 Å². The van der Waals surface area contributed by atoms with Crippen LogP contribution in [-0.4, -0.2) is 23.0 Å². The van der Waals surface area contributed by atoms with Crippen LogP contribution >= 0.6 is 23.2 Å². The minimum atomic E-state index is -1.08. The van der Waals surface area contributed by atoms with Gasteiger partial charge in [0, 0.05) is 0 Å². The molecule has 1 amide bonds. The van der Waals surface area contributed by atoms with Crippen molar-refractivity contribution in [3.05, 3.63) is 82.3 Å². The number of carbonyl (C=O) groups excluding carboxylic acids is 2. The molecule has 0 radical (unpaired) electrons. The van der Waals surface area contributed by atoms with Gasteiger partial charge in [0.15, 0.2) is 11.7 Å². The average Bonchev–Trinajstić information content (AvgIpc) is 3.21. The van der Waals surface area contributed by atoms with E-state index in [1.54, 1.807) is 48.5 Å². The first kappa shape index (κ1) is 20.9. The highest BCUT2D eigenvalue weighted by Crippen LogP contribution is 2.30. The molecule has 31 heavy (non-hydrogen) atoms. The van der Waals surface area contributed by atoms with Crippen LogP contribution in [0, 0.1) is 0 Å². The van der Waals surface area contributed by atoms with Crippen LogP contribution in [0.5, 0.6) is 0 Å². The summed E-state index contributed by atoms with van der Waals surface area (Å²) in [5, 5.41) is 3.12. The van der Waals surface area contributed by atoms with Crippen molar-refractivity contribution in [2.45, 2.75) is 13.0 Å². The highest BCUT2D eigenvalue weighted by Gasteiger charge is 2.23. The number of para-hydroxylation sites is 2. The Morgan fingerprint density at radius 2 is 1.74 bits per heavy atom. The molecule has 3 aromatic carbocycles. The fourth-order valence-electron chi connectivity index (χ4n) is 2.95. The van der Waals surface area contributed by atoms with Gasteiger partial charge >= 0.3 is 5.97 Å². The Labute approximate surface area is 187 Å². The largest absolute Gasteiger partial charge is 0.449 e. The number of aromatic nitrogens is 1. The lowest BCUT2D eigenvalue weighted by Gasteiger charge is -2.15. The molecule has 1 heterocycles. The van der Waals surface area contributed by atoms with Gasteiger partial charge < -0.3 is 14.5 Å². The number of anilines is 1. The predicted molar refractivity (Wildman–Crippen MR) is 119 cm³/mol. The first-order chi connectivity index (χ1) is 14.9. The maximum absolute atomic E-state index is 12.8. The van der Waals surface area contributed by atoms with Crippen molar-refractivity contribution < 1.29 is 18.7 Å². The SMILES string of the molecule is CC(OC(=O)c1ccccc1-c1nc2ccccc2o1)C(=O)Nc1cccc(Cl)c1Cl. The van der Waals surface area contributed by atoms with Gasteiger partial charge in [0.25, 0.3) is 5.91 Å². The molecular weight excluding hydrogens is 439 g/mol. The topological polar surface area (TPSA) is 81.4 Å². The third-order valence-electron chi connectivity index (χ3n) is 4.53. The number of rotatable bonds is 5. The van der Waals surface area contributed by atoms with E-state index in [1.165, 1.54) is 6.92 Å². The van der Waals surface area contributed by atoms with Crippen molar-refractivity contribution in [2.75, 3.05) is 5.32 Å². The van der Waals surface area contributed by atoms with E-state index in [0.29, 0.717) is 27.4 Å². The Morgan fingerprint density at radius 3 is 2.55 bits per heavy atom. The summed E-state index contributed by atoms with van der Waals surface area (Å²) in [5.74, 6) is -0.939. The molecule has 0 aliphatic carbocycles. The summed E-state index contributed by atoms with van der Waals surface area (Å²) >= 11 is 12.1. The molecule has 4 rings (SSSR count). The van der Waals surface area contributed by atoms with E-state index in [1.807, 2.05) is 18.2 Å². The van der Waals surface area contributed by atoms with Gasteiger partial charge in [0.2, 0.25) is 5.89 Å². The first-order valence-corrected chi connectivity index (χ1v) is 10.1. The van der Waals surface area contributed by atoms with E-state index in [2.05, 4.69) is 10.3 Å². The second-order valence-electron chi connectivity index (χ2n) is 6.67. The van der Waals surface area contributed by atoms with Crippen molar-refractivity contribution in [1.82, 2.24) is 4.98 Å². The van der Waals surface area contributed by atoms with Crippen LogP contribution in [0.3, 0.4) is 0 Å². The molecule has 1 N–H and O–H groups in total. The quantitative estimate of drug-likeness (QED) is 0.374. The Morgan fingerprint density at radius 1 is 1.00 bits per heavy atom. The number of esters is 1. The van der Waals surface area contributed by atoms with E-state index >= 15 is 0 Å². The van der Waals surface area contributed by atoms with Gasteiger partial charge in [-0.2, -0.15) is 0 Å². The molecule has 0 fully saturated rings. The Bertz CT molecular complexity index is 1250. The van der Waals surface area contributed by atoms with Crippen molar-refractivity contribution in [3.63, 3.8) is 0 Å². The predicted octanol–water partition coefficient (Wildman–Crippen LogP) is 5.99. The van der Waals surface area contributed by atoms with Crippen LogP contribution < -0.4 is 5.32 Å². The Balaban J connectivity index is 1.53. The van der Waals surface area contributed by atoms with Gasteiger partial charge in [-0.1, -0.05) is 53.5 Å². The van der Waals surface area contributed by atoms with Crippen LogP contribution in [0.15, 0.2) is 71.1 Å². The molecule has 8 heteroatoms. The fourth-order valence-corrected chi connectivity index (χ4v) is 3.30. The number of nitrogens with one attached hydrogen (secondary N) is 1. The number of benzene rings is 3. The van der Waals surface area contributed by atoms with Crippen LogP contribution in [0.1, 0.15) is 17.3 Å². The number of nitrogens with zero attached hydrogens (tertiary/aromatic N) is 1. The summed E-state index contributed by atoms with van der Waals surface area (Å²) in [7, 11) is 0. The molecule has 0 bridgehead atoms. The lowest BCUT2D eigenvalue weighted by molar-refractivity contribution is -0.123. The maximum Gasteiger partial charge on any atom is 0.339 e. The van der Waals surface area contributed by atoms with Crippen LogP contribution in [0.4, 0.5) is 5.69 Å². The molecule has 1 unspecified atom stereocenters. The third kappa shape index (κ3) is 4.40. The summed E-state index contributed by atoms with van der Waals surface area (Å²) in [6.07, 6.45) is -1.08. The average molecular weight is 455 g/mol. The molecular formula is C23H16Cl2N2O4. The number of hydrogen-bond donors (Lipinski definition) is 1. The second kappa shape index (κ2) is 8.79. The first-order valence-electron chi connectivity index (χ1n) is 9.35. The van der Waals surface area contributed by atoms with Gasteiger partial charge in [-0.15, -0.1) is 0 Å². The zero-order chi connectivity index (χ0) is 22.0. The highest BCUT2D eigenvalue weighted by atomic mass is 35.5. The van der Waals surface area contributed by atoms with E-state index in [4.69, 9.17) is 32.4 Å². The molecule has 0 spiro atoms. The van der Waals surface area contributed by atoms with Crippen molar-refractivity contribution in [1.29, 1.82) is 0 Å². The molecule has 0 aliphatic rings. The van der Waals surface area contributed by atoms with E-state index < -0.39 is 18.0 Å². The van der Waals surface area contributed by atoms with Gasteiger partial charge in [-0.25, -0.2) is 9.78 Å². The molecule has 0 aliphatic heterocycles. The normalized spacial score (nSPS) is 11.8. The molecule has 6 nitrogen and oxygen atoms in total. The van der Waals surface area contributed by atoms with E-state index in [-0.39, 0.29) is 16.5 Å². The number of carbonyl (C=O) groups is 2. The number of halogens is 2. The van der Waals surface area contributed by atoms with E-state index in [0.717, 1.165) is 0 Å². The zero-order valence-corrected chi connectivity index (χ0v) is 17.8. The standard InChI is InChI=1S/C23H16Cl2N2O4/c1-13(21(28)26-18-11-6-9-16(24)20(18)25)30-23(29)15-8-3-2-7-14(15)22-27-17-10-4-5-12-19(17)31-22/h2-13H,1H3,(H,26,28). The van der Waals surface area contributed by atoms with Crippen molar-refractivity contribution in [2.24, 2.45) is 0 Å². The summed E-state index contributed by atoms with van der Waals surface area (Å²) in [6.45, 7) is 1.47. The third-order valence-corrected chi connectivity index (χ3v) is 5.35. The zero-order valence-electron chi connectivity index (χ0n) is 16.3. The number of ether oxygens (including phenoxy) is 1. The lowest BCUT2D eigenvalue weighted by Crippen LogP contribution is -2.30. The van der Waals surface area contributed by atoms with Crippen LogP contribution in [-0.2, 0) is 9.53 Å². The smallest absolute Gasteiger partial charge is 0.339 e. The number of fused-ring (bicyclic) bond motifs is 1. The van der Waals surface area contributed by atoms with Crippen LogP contribution in [0.25, 0.3) is 22.6 Å². The molecule has 1 atom stereocenters. The maximum atomic E-state index is 12.8. The number of oxazole rings is 1. The highest BCUT2D eigenvalue weighted by molar-refractivity contribution is 6.44. The van der Waals surface area contributed by atoms with Crippen molar-refractivity contribution in [3.8, 4) is 11.5 Å². The lowest BCUT2D eigenvalue weighted by atomic mass is 10.1. The number of hydrogen-bond acceptors (Lipinski definition) is 5. The van der Waals surface area contributed by atoms with Gasteiger partial charge in [-0.05, 0) is 43.3 Å². The molecule has 4 aromatic rings. The van der Waals surface area contributed by atoms with E-state index in [9.17, 15) is 9.59 Å². The fraction of sp³-hybridized carbons (Fsp3) is 0.0870. The number of amides is 1.